The summed E-state index contributed by atoms with van der Waals surface area (Å²) in [6.07, 6.45) is -4.88. The first kappa shape index (κ1) is 21.9. The van der Waals surface area contributed by atoms with Gasteiger partial charge in [-0.25, -0.2) is 14.2 Å². The highest BCUT2D eigenvalue weighted by atomic mass is 19.4. The number of alkyl halides is 3. The van der Waals surface area contributed by atoms with Crippen LogP contribution in [-0.2, 0) is 0 Å². The topological polar surface area (TPSA) is 118 Å². The summed E-state index contributed by atoms with van der Waals surface area (Å²) in [6.45, 7) is 0. The van der Waals surface area contributed by atoms with Crippen molar-refractivity contribution < 1.29 is 37.0 Å². The van der Waals surface area contributed by atoms with Gasteiger partial charge in [0.05, 0.1) is 11.3 Å². The van der Waals surface area contributed by atoms with E-state index in [4.69, 9.17) is 5.73 Å². The molecule has 2 heterocycles. The number of halogens is 4. The Morgan fingerprint density at radius 2 is 1.82 bits per heavy atom. The second-order valence-corrected chi connectivity index (χ2v) is 6.92. The molecule has 0 fully saturated rings. The molecule has 0 saturated heterocycles. The summed E-state index contributed by atoms with van der Waals surface area (Å²) in [4.78, 5) is 28.7. The second-order valence-electron chi connectivity index (χ2n) is 6.92. The molecule has 1 aliphatic rings. The molecule has 2 aromatic carbocycles. The minimum Gasteiger partial charge on any atom is -0.478 e. The minimum atomic E-state index is -5.13. The second kappa shape index (κ2) is 7.97. The van der Waals surface area contributed by atoms with Crippen LogP contribution in [0.4, 0.5) is 34.8 Å². The maximum Gasteiger partial charge on any atom is 0.573 e. The highest BCUT2D eigenvalue weighted by Crippen LogP contribution is 2.50. The molecule has 170 valence electrons. The molecule has 0 aliphatic carbocycles. The van der Waals surface area contributed by atoms with Crippen LogP contribution in [0.1, 0.15) is 32.4 Å². The molecule has 4 N–H and O–H groups in total. The van der Waals surface area contributed by atoms with E-state index in [1.807, 2.05) is 0 Å². The molecule has 4 rings (SSSR count). The van der Waals surface area contributed by atoms with E-state index >= 15 is 0 Å². The van der Waals surface area contributed by atoms with Gasteiger partial charge in [-0.15, -0.1) is 13.2 Å². The van der Waals surface area contributed by atoms with Gasteiger partial charge in [-0.2, -0.15) is 0 Å². The Bertz CT molecular complexity index is 1250. The van der Waals surface area contributed by atoms with E-state index in [9.17, 15) is 32.3 Å². The fourth-order valence-corrected chi connectivity index (χ4v) is 3.51. The van der Waals surface area contributed by atoms with Crippen molar-refractivity contribution in [3.05, 3.63) is 77.2 Å². The van der Waals surface area contributed by atoms with Crippen molar-refractivity contribution in [3.8, 4) is 5.75 Å². The van der Waals surface area contributed by atoms with Gasteiger partial charge >= 0.3 is 12.3 Å². The van der Waals surface area contributed by atoms with Crippen LogP contribution < -0.4 is 20.7 Å². The minimum absolute atomic E-state index is 0.0434. The van der Waals surface area contributed by atoms with Crippen LogP contribution >= 0.6 is 0 Å². The zero-order valence-corrected chi connectivity index (χ0v) is 16.4. The summed E-state index contributed by atoms with van der Waals surface area (Å²) in [6, 6.07) is 9.37. The van der Waals surface area contributed by atoms with Crippen molar-refractivity contribution in [1.82, 2.24) is 4.98 Å². The summed E-state index contributed by atoms with van der Waals surface area (Å²) < 4.78 is 57.2. The Kier molecular flexibility index (Phi) is 5.28. The van der Waals surface area contributed by atoms with Crippen molar-refractivity contribution in [1.29, 1.82) is 0 Å². The third kappa shape index (κ3) is 4.22. The first-order chi connectivity index (χ1) is 15.5. The molecule has 1 atom stereocenters. The van der Waals surface area contributed by atoms with Gasteiger partial charge in [0, 0.05) is 11.8 Å². The van der Waals surface area contributed by atoms with Crippen LogP contribution in [0.15, 0.2) is 54.7 Å². The van der Waals surface area contributed by atoms with Crippen molar-refractivity contribution in [2.75, 3.05) is 10.2 Å². The number of pyridine rings is 1. The maximum absolute atomic E-state index is 13.5. The standard InChI is InChI=1S/C21H14F4N4O4/c22-12-4-1-10(2-5-12)19-28-18-16(13(20(31)32)7-8-27-18)29(19)14-6-3-11(17(26)30)9-15(14)33-21(23,24)25/h1-9,19H,(H2,26,30)(H,27,28)(H,31,32). The van der Waals surface area contributed by atoms with E-state index in [0.29, 0.717) is 5.56 Å². The Morgan fingerprint density at radius 3 is 2.42 bits per heavy atom. The van der Waals surface area contributed by atoms with Gasteiger partial charge in [0.15, 0.2) is 11.6 Å². The fourth-order valence-electron chi connectivity index (χ4n) is 3.51. The number of anilines is 3. The van der Waals surface area contributed by atoms with Crippen LogP contribution in [0, 0.1) is 5.82 Å². The number of aromatic nitrogens is 1. The summed E-state index contributed by atoms with van der Waals surface area (Å²) in [5.74, 6) is -3.61. The summed E-state index contributed by atoms with van der Waals surface area (Å²) >= 11 is 0. The SMILES string of the molecule is NC(=O)c1ccc(N2c3c(C(=O)O)ccnc3NC2c2ccc(F)cc2)c(OC(F)(F)F)c1. The zero-order valence-electron chi connectivity index (χ0n) is 16.4. The van der Waals surface area contributed by atoms with Gasteiger partial charge in [-0.05, 0) is 42.0 Å². The highest BCUT2D eigenvalue weighted by Gasteiger charge is 2.39. The zero-order chi connectivity index (χ0) is 23.9. The number of nitrogens with zero attached hydrogens (tertiary/aromatic N) is 2. The molecule has 0 radical (unpaired) electrons. The number of carbonyl (C=O) groups excluding carboxylic acids is 1. The summed E-state index contributed by atoms with van der Waals surface area (Å²) in [5, 5.41) is 12.6. The van der Waals surface area contributed by atoms with Crippen molar-refractivity contribution in [3.63, 3.8) is 0 Å². The van der Waals surface area contributed by atoms with Crippen LogP contribution in [0.25, 0.3) is 0 Å². The normalized spacial score (nSPS) is 15.0. The molecule has 1 amide bonds. The average molecular weight is 462 g/mol. The lowest BCUT2D eigenvalue weighted by Gasteiger charge is -2.29. The highest BCUT2D eigenvalue weighted by molar-refractivity contribution is 6.01. The number of carboxylic acid groups (broad SMARTS) is 1. The van der Waals surface area contributed by atoms with Crippen molar-refractivity contribution in [2.24, 2.45) is 5.73 Å². The number of aromatic carboxylic acids is 1. The molecular formula is C21H14F4N4O4. The van der Waals surface area contributed by atoms with E-state index in [1.165, 1.54) is 35.4 Å². The lowest BCUT2D eigenvalue weighted by Crippen LogP contribution is -2.27. The monoisotopic (exact) mass is 462 g/mol. The third-order valence-electron chi connectivity index (χ3n) is 4.84. The van der Waals surface area contributed by atoms with E-state index in [1.54, 1.807) is 0 Å². The summed E-state index contributed by atoms with van der Waals surface area (Å²) in [7, 11) is 0. The van der Waals surface area contributed by atoms with Gasteiger partial charge < -0.3 is 25.8 Å². The number of hydrogen-bond acceptors (Lipinski definition) is 6. The molecule has 0 bridgehead atoms. The van der Waals surface area contributed by atoms with Gasteiger partial charge in [-0.1, -0.05) is 12.1 Å². The first-order valence-corrected chi connectivity index (χ1v) is 9.28. The van der Waals surface area contributed by atoms with E-state index in [-0.39, 0.29) is 28.3 Å². The number of nitrogens with two attached hydrogens (primary N) is 1. The van der Waals surface area contributed by atoms with E-state index < -0.39 is 36.0 Å². The Balaban J connectivity index is 1.97. The molecule has 1 aliphatic heterocycles. The number of rotatable bonds is 5. The number of ether oxygens (including phenoxy) is 1. The molecule has 8 nitrogen and oxygen atoms in total. The molecule has 0 saturated carbocycles. The molecule has 3 aromatic rings. The molecule has 12 heteroatoms. The number of nitrogens with one attached hydrogen (secondary N) is 1. The quantitative estimate of drug-likeness (QED) is 0.487. The largest absolute Gasteiger partial charge is 0.573 e. The van der Waals surface area contributed by atoms with Gasteiger partial charge in [0.2, 0.25) is 5.91 Å². The lowest BCUT2D eigenvalue weighted by molar-refractivity contribution is -0.274. The van der Waals surface area contributed by atoms with Crippen LogP contribution in [0.2, 0.25) is 0 Å². The molecule has 33 heavy (non-hydrogen) atoms. The number of fused-ring (bicyclic) bond motifs is 1. The number of amides is 1. The third-order valence-corrected chi connectivity index (χ3v) is 4.84. The van der Waals surface area contributed by atoms with Gasteiger partial charge in [0.1, 0.15) is 17.7 Å². The van der Waals surface area contributed by atoms with Gasteiger partial charge in [0.25, 0.3) is 0 Å². The van der Waals surface area contributed by atoms with E-state index in [2.05, 4.69) is 15.0 Å². The number of benzene rings is 2. The van der Waals surface area contributed by atoms with Crippen LogP contribution in [0.5, 0.6) is 5.75 Å². The Labute approximate surface area is 183 Å². The first-order valence-electron chi connectivity index (χ1n) is 9.28. The predicted octanol–water partition coefficient (Wildman–Crippen LogP) is 4.18. The van der Waals surface area contributed by atoms with Gasteiger partial charge in [-0.3, -0.25) is 4.79 Å². The molecule has 1 aromatic heterocycles. The lowest BCUT2D eigenvalue weighted by atomic mass is 10.1. The van der Waals surface area contributed by atoms with E-state index in [0.717, 1.165) is 24.3 Å². The van der Waals surface area contributed by atoms with Crippen LogP contribution in [-0.4, -0.2) is 28.3 Å². The van der Waals surface area contributed by atoms with Crippen molar-refractivity contribution >= 4 is 29.1 Å². The predicted molar refractivity (Wildman–Crippen MR) is 108 cm³/mol. The smallest absolute Gasteiger partial charge is 0.478 e. The number of primary amides is 1. The Morgan fingerprint density at radius 1 is 1.12 bits per heavy atom. The summed E-state index contributed by atoms with van der Waals surface area (Å²) in [5.41, 5.74) is 4.81. The maximum atomic E-state index is 13.5. The van der Waals surface area contributed by atoms with Crippen LogP contribution in [0.3, 0.4) is 0 Å². The van der Waals surface area contributed by atoms with Crippen molar-refractivity contribution in [2.45, 2.75) is 12.5 Å². The number of carboxylic acids is 1. The molecule has 1 unspecified atom stereocenters. The average Bonchev–Trinajstić information content (AvgIpc) is 3.12. The molecule has 0 spiro atoms. The fraction of sp³-hybridized carbons (Fsp3) is 0.0952. The number of carbonyl (C=O) groups is 2. The molecular weight excluding hydrogens is 448 g/mol. The Hall–Kier alpha value is -4.35. The number of hydrogen-bond donors (Lipinski definition) is 3.